The van der Waals surface area contributed by atoms with Crippen LogP contribution >= 0.6 is 0 Å². The van der Waals surface area contributed by atoms with Gasteiger partial charge in [0.25, 0.3) is 0 Å². The monoisotopic (exact) mass is 255 g/mol. The summed E-state index contributed by atoms with van der Waals surface area (Å²) in [4.78, 5) is 0. The molecule has 0 fully saturated rings. The van der Waals surface area contributed by atoms with Crippen molar-refractivity contribution in [3.05, 3.63) is 71.3 Å². The lowest BCUT2D eigenvalue weighted by molar-refractivity contribution is 0.241. The molecule has 19 heavy (non-hydrogen) atoms. The van der Waals surface area contributed by atoms with E-state index in [1.807, 2.05) is 18.2 Å². The molecule has 0 aliphatic heterocycles. The number of nitrogens with one attached hydrogen (secondary N) is 1. The summed E-state index contributed by atoms with van der Waals surface area (Å²) in [5, 5.41) is 12.9. The minimum absolute atomic E-state index is 0.0999. The second-order valence-electron chi connectivity index (χ2n) is 4.94. The zero-order chi connectivity index (χ0) is 13.5. The number of hydrogen-bond donors (Lipinski definition) is 2. The first-order valence-corrected chi connectivity index (χ1v) is 6.71. The molecule has 2 aromatic carbocycles. The van der Waals surface area contributed by atoms with E-state index in [4.69, 9.17) is 0 Å². The van der Waals surface area contributed by atoms with Crippen molar-refractivity contribution in [2.24, 2.45) is 0 Å². The topological polar surface area (TPSA) is 32.3 Å². The summed E-state index contributed by atoms with van der Waals surface area (Å²) in [6.07, 6.45) is 0.850. The maximum Gasteiger partial charge on any atom is 0.0587 e. The average Bonchev–Trinajstić information content (AvgIpc) is 2.44. The molecular formula is C17H21NO. The highest BCUT2D eigenvalue weighted by atomic mass is 16.3. The van der Waals surface area contributed by atoms with Gasteiger partial charge in [0.05, 0.1) is 6.61 Å². The highest BCUT2D eigenvalue weighted by molar-refractivity contribution is 5.22. The van der Waals surface area contributed by atoms with Crippen LogP contribution in [0.2, 0.25) is 0 Å². The largest absolute Gasteiger partial charge is 0.395 e. The molecule has 2 aromatic rings. The van der Waals surface area contributed by atoms with Crippen molar-refractivity contribution < 1.29 is 5.11 Å². The molecule has 0 heterocycles. The molecular weight excluding hydrogens is 234 g/mol. The summed E-state index contributed by atoms with van der Waals surface area (Å²) in [5.74, 6) is 0. The summed E-state index contributed by atoms with van der Waals surface area (Å²) >= 11 is 0. The lowest BCUT2D eigenvalue weighted by Crippen LogP contribution is -2.34. The lowest BCUT2D eigenvalue weighted by Gasteiger charge is -2.16. The molecule has 1 atom stereocenters. The Bertz CT molecular complexity index is 496. The van der Waals surface area contributed by atoms with Gasteiger partial charge in [-0.3, -0.25) is 0 Å². The first kappa shape index (κ1) is 13.8. The van der Waals surface area contributed by atoms with Crippen LogP contribution in [-0.2, 0) is 13.0 Å². The van der Waals surface area contributed by atoms with E-state index in [0.717, 1.165) is 13.0 Å². The summed E-state index contributed by atoms with van der Waals surface area (Å²) in [7, 11) is 0. The molecule has 0 saturated heterocycles. The van der Waals surface area contributed by atoms with Gasteiger partial charge in [-0.2, -0.15) is 0 Å². The molecule has 0 unspecified atom stereocenters. The van der Waals surface area contributed by atoms with E-state index >= 15 is 0 Å². The van der Waals surface area contributed by atoms with Crippen LogP contribution in [0.3, 0.4) is 0 Å². The highest BCUT2D eigenvalue weighted by Gasteiger charge is 2.07. The Balaban J connectivity index is 1.89. The van der Waals surface area contributed by atoms with Crippen LogP contribution in [0.1, 0.15) is 16.7 Å². The Kier molecular flexibility index (Phi) is 5.13. The Morgan fingerprint density at radius 2 is 1.74 bits per heavy atom. The third-order valence-corrected chi connectivity index (χ3v) is 3.22. The smallest absolute Gasteiger partial charge is 0.0587 e. The molecule has 0 radical (unpaired) electrons. The minimum Gasteiger partial charge on any atom is -0.395 e. The van der Waals surface area contributed by atoms with Crippen molar-refractivity contribution in [1.29, 1.82) is 0 Å². The molecule has 0 amide bonds. The SMILES string of the molecule is Cc1cccc(CN[C@H](CO)Cc2ccccc2)c1. The van der Waals surface area contributed by atoms with Crippen molar-refractivity contribution in [3.8, 4) is 0 Å². The van der Waals surface area contributed by atoms with Crippen molar-refractivity contribution in [2.75, 3.05) is 6.61 Å². The highest BCUT2D eigenvalue weighted by Crippen LogP contribution is 2.06. The first-order valence-electron chi connectivity index (χ1n) is 6.71. The predicted octanol–water partition coefficient (Wildman–Crippen LogP) is 2.69. The summed E-state index contributed by atoms with van der Waals surface area (Å²) in [6.45, 7) is 3.04. The van der Waals surface area contributed by atoms with E-state index in [2.05, 4.69) is 48.6 Å². The Hall–Kier alpha value is -1.64. The van der Waals surface area contributed by atoms with Crippen LogP contribution in [0.15, 0.2) is 54.6 Å². The van der Waals surface area contributed by atoms with E-state index in [9.17, 15) is 5.11 Å². The van der Waals surface area contributed by atoms with Crippen LogP contribution in [-0.4, -0.2) is 17.8 Å². The number of benzene rings is 2. The van der Waals surface area contributed by atoms with Crippen LogP contribution in [0.25, 0.3) is 0 Å². The Labute approximate surface area is 115 Å². The Morgan fingerprint density at radius 3 is 2.42 bits per heavy atom. The number of rotatable bonds is 6. The average molecular weight is 255 g/mol. The van der Waals surface area contributed by atoms with Crippen LogP contribution in [0, 0.1) is 6.92 Å². The van der Waals surface area contributed by atoms with E-state index in [1.165, 1.54) is 16.7 Å². The normalized spacial score (nSPS) is 12.3. The fraction of sp³-hybridized carbons (Fsp3) is 0.294. The number of aliphatic hydroxyl groups excluding tert-OH is 1. The molecule has 2 heteroatoms. The molecule has 2 nitrogen and oxygen atoms in total. The molecule has 0 aliphatic rings. The molecule has 0 bridgehead atoms. The number of hydrogen-bond acceptors (Lipinski definition) is 2. The van der Waals surface area contributed by atoms with Gasteiger partial charge in [0.2, 0.25) is 0 Å². The zero-order valence-corrected chi connectivity index (χ0v) is 11.3. The van der Waals surface area contributed by atoms with Crippen molar-refractivity contribution in [2.45, 2.75) is 25.9 Å². The fourth-order valence-corrected chi connectivity index (χ4v) is 2.18. The third-order valence-electron chi connectivity index (χ3n) is 3.22. The van der Waals surface area contributed by atoms with Gasteiger partial charge in [-0.15, -0.1) is 0 Å². The molecule has 0 spiro atoms. The molecule has 0 saturated carbocycles. The summed E-state index contributed by atoms with van der Waals surface area (Å²) < 4.78 is 0. The first-order chi connectivity index (χ1) is 9.28. The molecule has 2 rings (SSSR count). The molecule has 100 valence electrons. The number of aryl methyl sites for hydroxylation is 1. The van der Waals surface area contributed by atoms with Gasteiger partial charge in [0.1, 0.15) is 0 Å². The zero-order valence-electron chi connectivity index (χ0n) is 11.3. The third kappa shape index (κ3) is 4.51. The lowest BCUT2D eigenvalue weighted by atomic mass is 10.1. The van der Waals surface area contributed by atoms with Crippen molar-refractivity contribution >= 4 is 0 Å². The van der Waals surface area contributed by atoms with E-state index in [-0.39, 0.29) is 12.6 Å². The molecule has 0 aliphatic carbocycles. The second kappa shape index (κ2) is 7.07. The summed E-state index contributed by atoms with van der Waals surface area (Å²) in [5.41, 5.74) is 3.77. The van der Waals surface area contributed by atoms with Crippen LogP contribution < -0.4 is 5.32 Å². The Morgan fingerprint density at radius 1 is 1.00 bits per heavy atom. The van der Waals surface area contributed by atoms with Gasteiger partial charge in [0.15, 0.2) is 0 Å². The van der Waals surface area contributed by atoms with Crippen LogP contribution in [0.5, 0.6) is 0 Å². The predicted molar refractivity (Wildman–Crippen MR) is 79.0 cm³/mol. The van der Waals surface area contributed by atoms with Crippen molar-refractivity contribution in [3.63, 3.8) is 0 Å². The van der Waals surface area contributed by atoms with E-state index in [0.29, 0.717) is 0 Å². The van der Waals surface area contributed by atoms with E-state index in [1.54, 1.807) is 0 Å². The van der Waals surface area contributed by atoms with Gasteiger partial charge in [-0.25, -0.2) is 0 Å². The quantitative estimate of drug-likeness (QED) is 0.832. The minimum atomic E-state index is 0.0999. The molecule has 2 N–H and O–H groups in total. The van der Waals surface area contributed by atoms with Gasteiger partial charge < -0.3 is 10.4 Å². The summed E-state index contributed by atoms with van der Waals surface area (Å²) in [6, 6.07) is 18.8. The van der Waals surface area contributed by atoms with E-state index < -0.39 is 0 Å². The maximum atomic E-state index is 9.46. The standard InChI is InChI=1S/C17H21NO/c1-14-6-5-9-16(10-14)12-18-17(13-19)11-15-7-3-2-4-8-15/h2-10,17-19H,11-13H2,1H3/t17-/m0/s1. The van der Waals surface area contributed by atoms with Gasteiger partial charge in [0, 0.05) is 12.6 Å². The maximum absolute atomic E-state index is 9.46. The van der Waals surface area contributed by atoms with Crippen molar-refractivity contribution in [1.82, 2.24) is 5.32 Å². The van der Waals surface area contributed by atoms with Gasteiger partial charge >= 0.3 is 0 Å². The van der Waals surface area contributed by atoms with Crippen LogP contribution in [0.4, 0.5) is 0 Å². The second-order valence-corrected chi connectivity index (χ2v) is 4.94. The fourth-order valence-electron chi connectivity index (χ4n) is 2.18. The van der Waals surface area contributed by atoms with Gasteiger partial charge in [-0.1, -0.05) is 60.2 Å². The number of aliphatic hydroxyl groups is 1. The molecule has 0 aromatic heterocycles. The van der Waals surface area contributed by atoms with Gasteiger partial charge in [-0.05, 0) is 24.5 Å².